The fourth-order valence-electron chi connectivity index (χ4n) is 4.20. The number of likely N-dealkylation sites (tertiary alicyclic amines) is 1. The molecule has 1 amide bonds. The maximum Gasteiger partial charge on any atom is 0.223 e. The molecule has 1 unspecified atom stereocenters. The fourth-order valence-corrected chi connectivity index (χ4v) is 4.20. The van der Waals surface area contributed by atoms with Crippen LogP contribution >= 0.6 is 0 Å². The molecule has 150 valence electrons. The number of methoxy groups -OCH3 is 1. The lowest BCUT2D eigenvalue weighted by molar-refractivity contribution is -0.131. The highest BCUT2D eigenvalue weighted by atomic mass is 16.5. The third-order valence-corrected chi connectivity index (χ3v) is 5.76. The highest BCUT2D eigenvalue weighted by molar-refractivity contribution is 6.02. The van der Waals surface area contributed by atoms with Crippen molar-refractivity contribution in [3.8, 4) is 5.75 Å². The number of carbonyl (C=O) groups excluding carboxylic acids is 2. The number of aryl methyl sites for hydroxylation is 1. The van der Waals surface area contributed by atoms with E-state index in [-0.39, 0.29) is 17.7 Å². The molecule has 2 aromatic carbocycles. The van der Waals surface area contributed by atoms with Gasteiger partial charge in [-0.25, -0.2) is 0 Å². The van der Waals surface area contributed by atoms with Crippen molar-refractivity contribution in [1.82, 2.24) is 9.88 Å². The van der Waals surface area contributed by atoms with Gasteiger partial charge in [0.2, 0.25) is 5.91 Å². The summed E-state index contributed by atoms with van der Waals surface area (Å²) in [4.78, 5) is 30.8. The molecule has 1 atom stereocenters. The van der Waals surface area contributed by atoms with Crippen LogP contribution in [0.15, 0.2) is 54.7 Å². The Morgan fingerprint density at radius 2 is 1.93 bits per heavy atom. The molecule has 0 radical (unpaired) electrons. The van der Waals surface area contributed by atoms with Gasteiger partial charge in [0.1, 0.15) is 5.75 Å². The molecule has 3 aromatic rings. The van der Waals surface area contributed by atoms with E-state index < -0.39 is 0 Å². The average Bonchev–Trinajstić information content (AvgIpc) is 3.41. The summed E-state index contributed by atoms with van der Waals surface area (Å²) in [6, 6.07) is 15.0. The number of aromatic nitrogens is 1. The Morgan fingerprint density at radius 3 is 2.72 bits per heavy atom. The number of H-pyrrole nitrogens is 1. The smallest absolute Gasteiger partial charge is 0.223 e. The molecule has 1 fully saturated rings. The number of amides is 1. The van der Waals surface area contributed by atoms with Crippen molar-refractivity contribution < 1.29 is 14.3 Å². The number of hydrogen-bond acceptors (Lipinski definition) is 3. The number of para-hydroxylation sites is 1. The monoisotopic (exact) mass is 390 g/mol. The summed E-state index contributed by atoms with van der Waals surface area (Å²) in [5.41, 5.74) is 2.99. The van der Waals surface area contributed by atoms with Crippen LogP contribution in [0.2, 0.25) is 0 Å². The summed E-state index contributed by atoms with van der Waals surface area (Å²) in [5.74, 6) is 0.822. The minimum Gasteiger partial charge on any atom is -0.497 e. The predicted octanol–water partition coefficient (Wildman–Crippen LogP) is 4.37. The zero-order valence-corrected chi connectivity index (χ0v) is 16.7. The Labute approximate surface area is 170 Å². The molecule has 1 aromatic heterocycles. The molecule has 0 saturated carbocycles. The molecule has 29 heavy (non-hydrogen) atoms. The Balaban J connectivity index is 1.36. The minimum absolute atomic E-state index is 0.0233. The lowest BCUT2D eigenvalue weighted by atomic mass is 10.0. The highest BCUT2D eigenvalue weighted by Gasteiger charge is 2.34. The molecule has 0 bridgehead atoms. The van der Waals surface area contributed by atoms with Gasteiger partial charge in [0.25, 0.3) is 0 Å². The van der Waals surface area contributed by atoms with Crippen LogP contribution in [-0.2, 0) is 11.2 Å². The quantitative estimate of drug-likeness (QED) is 0.609. The Hall–Kier alpha value is -3.08. The maximum absolute atomic E-state index is 12.9. The number of benzene rings is 2. The van der Waals surface area contributed by atoms with Crippen LogP contribution in [0.1, 0.15) is 41.6 Å². The number of Topliss-reactive ketones (excluding diaryl/α,β-unsaturated/α-hetero) is 1. The van der Waals surface area contributed by atoms with Crippen LogP contribution in [0, 0.1) is 0 Å². The minimum atomic E-state index is -0.344. The van der Waals surface area contributed by atoms with Crippen LogP contribution < -0.4 is 4.74 Å². The van der Waals surface area contributed by atoms with Gasteiger partial charge in [-0.15, -0.1) is 0 Å². The largest absolute Gasteiger partial charge is 0.497 e. The number of nitrogens with one attached hydrogen (secondary N) is 1. The zero-order valence-electron chi connectivity index (χ0n) is 16.7. The SMILES string of the molecule is COc1ccc(C(=O)C2CCCN2C(=O)CCCc2c[nH]c3ccccc23)cc1. The molecule has 1 aliphatic rings. The van der Waals surface area contributed by atoms with Crippen molar-refractivity contribution in [3.63, 3.8) is 0 Å². The number of rotatable bonds is 7. The van der Waals surface area contributed by atoms with E-state index in [0.29, 0.717) is 18.5 Å². The molecule has 5 heteroatoms. The standard InChI is InChI=1S/C24H26N2O3/c1-29-19-13-11-17(12-14-19)24(28)22-9-5-15-26(22)23(27)10-4-6-18-16-25-21-8-3-2-7-20(18)21/h2-3,7-8,11-14,16,22,25H,4-6,9-10,15H2,1H3. The van der Waals surface area contributed by atoms with E-state index in [1.54, 1.807) is 36.3 Å². The predicted molar refractivity (Wildman–Crippen MR) is 113 cm³/mol. The highest BCUT2D eigenvalue weighted by Crippen LogP contribution is 2.24. The zero-order chi connectivity index (χ0) is 20.2. The molecular weight excluding hydrogens is 364 g/mol. The maximum atomic E-state index is 12.9. The molecule has 4 rings (SSSR count). The molecule has 0 aliphatic carbocycles. The van der Waals surface area contributed by atoms with Gasteiger partial charge in [0.05, 0.1) is 13.2 Å². The van der Waals surface area contributed by atoms with Crippen LogP contribution in [0.3, 0.4) is 0 Å². The van der Waals surface area contributed by atoms with Gasteiger partial charge in [-0.05, 0) is 61.6 Å². The molecular formula is C24H26N2O3. The summed E-state index contributed by atoms with van der Waals surface area (Å²) < 4.78 is 5.16. The molecule has 1 saturated heterocycles. The van der Waals surface area contributed by atoms with E-state index in [4.69, 9.17) is 4.74 Å². The van der Waals surface area contributed by atoms with Crippen LogP contribution in [0.4, 0.5) is 0 Å². The molecule has 1 aliphatic heterocycles. The van der Waals surface area contributed by atoms with Crippen molar-refractivity contribution in [2.45, 2.75) is 38.1 Å². The van der Waals surface area contributed by atoms with Crippen molar-refractivity contribution in [2.24, 2.45) is 0 Å². The first-order chi connectivity index (χ1) is 14.2. The number of hydrogen-bond donors (Lipinski definition) is 1. The topological polar surface area (TPSA) is 62.4 Å². The van der Waals surface area contributed by atoms with Crippen LogP contribution in [0.25, 0.3) is 10.9 Å². The number of ketones is 1. The Bertz CT molecular complexity index is 1010. The third-order valence-electron chi connectivity index (χ3n) is 5.76. The third kappa shape index (κ3) is 4.04. The van der Waals surface area contributed by atoms with Gasteiger partial charge in [-0.1, -0.05) is 18.2 Å². The average molecular weight is 390 g/mol. The summed E-state index contributed by atoms with van der Waals surface area (Å²) in [6.45, 7) is 0.665. The Kier molecular flexibility index (Phi) is 5.65. The molecule has 1 N–H and O–H groups in total. The van der Waals surface area contributed by atoms with Gasteiger partial charge >= 0.3 is 0 Å². The van der Waals surface area contributed by atoms with Crippen molar-refractivity contribution in [3.05, 3.63) is 65.9 Å². The molecule has 2 heterocycles. The van der Waals surface area contributed by atoms with Gasteiger partial charge in [0.15, 0.2) is 5.78 Å². The van der Waals surface area contributed by atoms with Crippen LogP contribution in [-0.4, -0.2) is 41.3 Å². The number of aromatic amines is 1. The lowest BCUT2D eigenvalue weighted by Crippen LogP contribution is -2.40. The van der Waals surface area contributed by atoms with E-state index in [2.05, 4.69) is 17.1 Å². The Morgan fingerprint density at radius 1 is 1.14 bits per heavy atom. The summed E-state index contributed by atoms with van der Waals surface area (Å²) in [5, 5.41) is 1.22. The van der Waals surface area contributed by atoms with E-state index in [9.17, 15) is 9.59 Å². The summed E-state index contributed by atoms with van der Waals surface area (Å²) in [6.07, 6.45) is 5.73. The second-order valence-electron chi connectivity index (χ2n) is 7.55. The van der Waals surface area contributed by atoms with Crippen molar-refractivity contribution in [2.75, 3.05) is 13.7 Å². The number of carbonyl (C=O) groups is 2. The first kappa shape index (κ1) is 19.2. The van der Waals surface area contributed by atoms with E-state index in [0.717, 1.165) is 36.9 Å². The summed E-state index contributed by atoms with van der Waals surface area (Å²) >= 11 is 0. The molecule has 0 spiro atoms. The second kappa shape index (κ2) is 8.52. The van der Waals surface area contributed by atoms with Gasteiger partial charge in [-0.2, -0.15) is 0 Å². The van der Waals surface area contributed by atoms with Crippen LogP contribution in [0.5, 0.6) is 5.75 Å². The second-order valence-corrected chi connectivity index (χ2v) is 7.55. The van der Waals surface area contributed by atoms with Gasteiger partial charge in [0, 0.05) is 35.6 Å². The van der Waals surface area contributed by atoms with E-state index >= 15 is 0 Å². The van der Waals surface area contributed by atoms with Crippen molar-refractivity contribution in [1.29, 1.82) is 0 Å². The normalized spacial score (nSPS) is 16.3. The number of fused-ring (bicyclic) bond motifs is 1. The van der Waals surface area contributed by atoms with E-state index in [1.807, 2.05) is 18.3 Å². The van der Waals surface area contributed by atoms with Gasteiger partial charge in [-0.3, -0.25) is 9.59 Å². The lowest BCUT2D eigenvalue weighted by Gasteiger charge is -2.24. The molecule has 5 nitrogen and oxygen atoms in total. The first-order valence-corrected chi connectivity index (χ1v) is 10.2. The fraction of sp³-hybridized carbons (Fsp3) is 0.333. The van der Waals surface area contributed by atoms with E-state index in [1.165, 1.54) is 10.9 Å². The van der Waals surface area contributed by atoms with Crippen molar-refractivity contribution >= 4 is 22.6 Å². The summed E-state index contributed by atoms with van der Waals surface area (Å²) in [7, 11) is 1.60. The first-order valence-electron chi connectivity index (χ1n) is 10.2. The number of ether oxygens (including phenoxy) is 1. The number of nitrogens with zero attached hydrogens (tertiary/aromatic N) is 1. The van der Waals surface area contributed by atoms with Gasteiger partial charge < -0.3 is 14.6 Å².